The van der Waals surface area contributed by atoms with E-state index in [9.17, 15) is 17.6 Å². The third kappa shape index (κ3) is 5.81. The Morgan fingerprint density at radius 2 is 2.04 bits per heavy atom. The van der Waals surface area contributed by atoms with Gasteiger partial charge >= 0.3 is 0 Å². The van der Waals surface area contributed by atoms with Gasteiger partial charge in [-0.3, -0.25) is 4.79 Å². The second-order valence-corrected chi connectivity index (χ2v) is 11.1. The maximum atomic E-state index is 14.3. The van der Waals surface area contributed by atoms with Gasteiger partial charge in [-0.15, -0.1) is 23.1 Å². The number of hydrogen-bond donors (Lipinski definition) is 3. The molecule has 1 unspecified atom stereocenters. The molecule has 2 rings (SSSR count). The number of nitrogens with one attached hydrogen (secondary N) is 1. The molecule has 1 amide bonds. The van der Waals surface area contributed by atoms with Gasteiger partial charge in [0.2, 0.25) is 0 Å². The molecule has 6 nitrogen and oxygen atoms in total. The van der Waals surface area contributed by atoms with E-state index in [1.165, 1.54) is 42.1 Å². The first kappa shape index (κ1) is 22.4. The first-order valence-corrected chi connectivity index (χ1v) is 11.9. The number of nitrogens with two attached hydrogens (primary N) is 2. The Labute approximate surface area is 172 Å². The van der Waals surface area contributed by atoms with Gasteiger partial charge in [-0.2, -0.15) is 0 Å². The number of halogens is 1. The number of anilines is 1. The molecule has 10 heteroatoms. The van der Waals surface area contributed by atoms with Crippen LogP contribution in [0, 0.1) is 5.82 Å². The number of carbonyl (C=O) groups is 1. The summed E-state index contributed by atoms with van der Waals surface area (Å²) in [4.78, 5) is 12.6. The van der Waals surface area contributed by atoms with E-state index in [-0.39, 0.29) is 14.6 Å². The maximum absolute atomic E-state index is 14.3. The lowest BCUT2D eigenvalue weighted by Crippen LogP contribution is -2.35. The SMILES string of the molecule is C=C(N)SCCC(C)(N)c1cc(NC(=O)c2ccc(S(C)(=O)=O)s2)ccc1F. The Morgan fingerprint density at radius 1 is 1.36 bits per heavy atom. The predicted octanol–water partition coefficient (Wildman–Crippen LogP) is 3.27. The number of thioether (sulfide) groups is 1. The molecule has 0 bridgehead atoms. The van der Waals surface area contributed by atoms with Crippen molar-refractivity contribution in [3.8, 4) is 0 Å². The van der Waals surface area contributed by atoms with Gasteiger partial charge < -0.3 is 16.8 Å². The molecule has 1 aromatic heterocycles. The van der Waals surface area contributed by atoms with Crippen LogP contribution in [0.1, 0.15) is 28.6 Å². The van der Waals surface area contributed by atoms with Gasteiger partial charge in [-0.05, 0) is 43.7 Å². The molecule has 2 aromatic rings. The number of sulfone groups is 1. The van der Waals surface area contributed by atoms with E-state index in [1.54, 1.807) is 6.92 Å². The molecule has 152 valence electrons. The molecule has 0 fully saturated rings. The zero-order chi connectivity index (χ0) is 21.1. The molecule has 0 saturated heterocycles. The lowest BCUT2D eigenvalue weighted by Gasteiger charge is -2.26. The Hall–Kier alpha value is -1.88. The molecule has 0 saturated carbocycles. The van der Waals surface area contributed by atoms with Gasteiger partial charge in [-0.25, -0.2) is 12.8 Å². The van der Waals surface area contributed by atoms with E-state index in [0.29, 0.717) is 22.9 Å². The minimum atomic E-state index is -3.38. The van der Waals surface area contributed by atoms with Gasteiger partial charge in [-0.1, -0.05) is 6.58 Å². The zero-order valence-electron chi connectivity index (χ0n) is 15.5. The van der Waals surface area contributed by atoms with Gasteiger partial charge in [0.05, 0.1) is 9.91 Å². The van der Waals surface area contributed by atoms with Crippen molar-refractivity contribution < 1.29 is 17.6 Å². The summed E-state index contributed by atoms with van der Waals surface area (Å²) < 4.78 is 37.6. The van der Waals surface area contributed by atoms with Crippen LogP contribution in [-0.4, -0.2) is 26.3 Å². The number of rotatable bonds is 8. The largest absolute Gasteiger partial charge is 0.394 e. The molecule has 0 spiro atoms. The highest BCUT2D eigenvalue weighted by molar-refractivity contribution is 8.02. The monoisotopic (exact) mass is 443 g/mol. The molecule has 1 heterocycles. The lowest BCUT2D eigenvalue weighted by atomic mass is 9.89. The number of thiophene rings is 1. The summed E-state index contributed by atoms with van der Waals surface area (Å²) in [5, 5.41) is 3.11. The van der Waals surface area contributed by atoms with Crippen molar-refractivity contribution in [1.82, 2.24) is 0 Å². The van der Waals surface area contributed by atoms with Crippen molar-refractivity contribution in [3.05, 3.63) is 58.2 Å². The van der Waals surface area contributed by atoms with E-state index in [4.69, 9.17) is 11.5 Å². The second-order valence-electron chi connectivity index (χ2n) is 6.52. The highest BCUT2D eigenvalue weighted by atomic mass is 32.2. The Balaban J connectivity index is 2.19. The van der Waals surface area contributed by atoms with Crippen LogP contribution in [-0.2, 0) is 15.4 Å². The minimum Gasteiger partial charge on any atom is -0.394 e. The first-order valence-electron chi connectivity index (χ1n) is 8.17. The molecule has 28 heavy (non-hydrogen) atoms. The topological polar surface area (TPSA) is 115 Å². The highest BCUT2D eigenvalue weighted by Gasteiger charge is 2.25. The quantitative estimate of drug-likeness (QED) is 0.577. The molecular formula is C18H22FN3O3S3. The van der Waals surface area contributed by atoms with Crippen LogP contribution < -0.4 is 16.8 Å². The fourth-order valence-electron chi connectivity index (χ4n) is 2.40. The summed E-state index contributed by atoms with van der Waals surface area (Å²) in [6.07, 6.45) is 1.53. The van der Waals surface area contributed by atoms with Crippen LogP contribution >= 0.6 is 23.1 Å². The third-order valence-electron chi connectivity index (χ3n) is 3.92. The van der Waals surface area contributed by atoms with Crippen LogP contribution in [0.15, 0.2) is 46.1 Å². The van der Waals surface area contributed by atoms with Crippen molar-refractivity contribution in [1.29, 1.82) is 0 Å². The number of hydrogen-bond acceptors (Lipinski definition) is 7. The average molecular weight is 444 g/mol. The van der Waals surface area contributed by atoms with Gasteiger partial charge in [0.1, 0.15) is 10.0 Å². The van der Waals surface area contributed by atoms with E-state index in [2.05, 4.69) is 11.9 Å². The Kier molecular flexibility index (Phi) is 6.92. The van der Waals surface area contributed by atoms with Crippen LogP contribution in [0.2, 0.25) is 0 Å². The normalized spacial score (nSPS) is 13.7. The summed E-state index contributed by atoms with van der Waals surface area (Å²) in [7, 11) is -3.38. The van der Waals surface area contributed by atoms with Crippen molar-refractivity contribution in [2.45, 2.75) is 23.1 Å². The van der Waals surface area contributed by atoms with Gasteiger partial charge in [0.15, 0.2) is 9.84 Å². The lowest BCUT2D eigenvalue weighted by molar-refractivity contribution is 0.103. The number of carbonyl (C=O) groups excluding carboxylic acids is 1. The van der Waals surface area contributed by atoms with Crippen molar-refractivity contribution in [3.63, 3.8) is 0 Å². The molecule has 5 N–H and O–H groups in total. The van der Waals surface area contributed by atoms with E-state index >= 15 is 0 Å². The van der Waals surface area contributed by atoms with E-state index in [1.807, 2.05) is 0 Å². The van der Waals surface area contributed by atoms with Crippen molar-refractivity contribution in [2.75, 3.05) is 17.3 Å². The van der Waals surface area contributed by atoms with Crippen LogP contribution in [0.5, 0.6) is 0 Å². The van der Waals surface area contributed by atoms with Crippen LogP contribution in [0.4, 0.5) is 10.1 Å². The van der Waals surface area contributed by atoms with Crippen LogP contribution in [0.3, 0.4) is 0 Å². The van der Waals surface area contributed by atoms with Crippen LogP contribution in [0.25, 0.3) is 0 Å². The van der Waals surface area contributed by atoms with Gasteiger partial charge in [0.25, 0.3) is 5.91 Å². The minimum absolute atomic E-state index is 0.103. The average Bonchev–Trinajstić information content (AvgIpc) is 3.06. The summed E-state index contributed by atoms with van der Waals surface area (Å²) in [5.74, 6) is -0.386. The zero-order valence-corrected chi connectivity index (χ0v) is 17.9. The fourth-order valence-corrected chi connectivity index (χ4v) is 5.01. The van der Waals surface area contributed by atoms with Crippen molar-refractivity contribution in [2.24, 2.45) is 11.5 Å². The fraction of sp³-hybridized carbons (Fsp3) is 0.278. The summed E-state index contributed by atoms with van der Waals surface area (Å²) in [5.41, 5.74) is 11.5. The molecule has 0 aliphatic rings. The second kappa shape index (κ2) is 8.64. The highest BCUT2D eigenvalue weighted by Crippen LogP contribution is 2.30. The number of amides is 1. The smallest absolute Gasteiger partial charge is 0.265 e. The van der Waals surface area contributed by atoms with E-state index < -0.39 is 27.1 Å². The molecule has 0 aliphatic heterocycles. The molecule has 1 atom stereocenters. The number of benzene rings is 1. The standard InChI is InChI=1S/C18H22FN3O3S3/c1-11(20)26-9-8-18(2,21)13-10-12(4-5-14(13)19)22-17(23)15-6-7-16(27-15)28(3,24)25/h4-7,10H,1,8-9,20-21H2,2-3H3,(H,22,23). The molecule has 1 aromatic carbocycles. The molecule has 0 aliphatic carbocycles. The summed E-state index contributed by atoms with van der Waals surface area (Å²) in [6, 6.07) is 6.96. The predicted molar refractivity (Wildman–Crippen MR) is 114 cm³/mol. The molecule has 0 radical (unpaired) electrons. The van der Waals surface area contributed by atoms with Gasteiger partial charge in [0, 0.05) is 28.8 Å². The van der Waals surface area contributed by atoms with Crippen molar-refractivity contribution >= 4 is 44.5 Å². The summed E-state index contributed by atoms with van der Waals surface area (Å²) in [6.45, 7) is 5.30. The molecular weight excluding hydrogens is 421 g/mol. The Morgan fingerprint density at radius 3 is 2.61 bits per heavy atom. The first-order chi connectivity index (χ1) is 12.9. The third-order valence-corrected chi connectivity index (χ3v) is 7.60. The summed E-state index contributed by atoms with van der Waals surface area (Å²) >= 11 is 2.21. The maximum Gasteiger partial charge on any atom is 0.265 e. The Bertz CT molecular complexity index is 1000. The van der Waals surface area contributed by atoms with E-state index in [0.717, 1.165) is 17.6 Å².